The van der Waals surface area contributed by atoms with Gasteiger partial charge >= 0.3 is 0 Å². The first-order valence-corrected chi connectivity index (χ1v) is 9.57. The van der Waals surface area contributed by atoms with Gasteiger partial charge in [-0.15, -0.1) is 0 Å². The van der Waals surface area contributed by atoms with Crippen LogP contribution in [0.15, 0.2) is 65.8 Å². The Labute approximate surface area is 151 Å². The molecule has 7 nitrogen and oxygen atoms in total. The second-order valence-corrected chi connectivity index (χ2v) is 7.81. The van der Waals surface area contributed by atoms with Crippen LogP contribution in [0.25, 0.3) is 10.9 Å². The minimum absolute atomic E-state index is 0.120. The molecule has 3 heterocycles. The van der Waals surface area contributed by atoms with Crippen molar-refractivity contribution in [3.63, 3.8) is 0 Å². The van der Waals surface area contributed by atoms with Crippen LogP contribution in [0.5, 0.6) is 0 Å². The lowest BCUT2D eigenvalue weighted by Crippen LogP contribution is -2.52. The normalized spacial score (nSPS) is 16.2. The Morgan fingerprint density at radius 1 is 0.885 bits per heavy atom. The van der Waals surface area contributed by atoms with Crippen LogP contribution in [0, 0.1) is 0 Å². The number of amides is 1. The summed E-state index contributed by atoms with van der Waals surface area (Å²) < 4.78 is 27.4. The van der Waals surface area contributed by atoms with Gasteiger partial charge in [0, 0.05) is 30.9 Å². The zero-order valence-corrected chi connectivity index (χ0v) is 14.6. The molecule has 0 spiro atoms. The Morgan fingerprint density at radius 2 is 1.69 bits per heavy atom. The number of benzene rings is 1. The summed E-state index contributed by atoms with van der Waals surface area (Å²) in [4.78, 5) is 22.5. The first kappa shape index (κ1) is 16.6. The molecule has 0 bridgehead atoms. The quantitative estimate of drug-likeness (QED) is 0.702. The third-order valence-electron chi connectivity index (χ3n) is 4.33. The van der Waals surface area contributed by atoms with Crippen molar-refractivity contribution in [3.8, 4) is 0 Å². The average Bonchev–Trinajstić information content (AvgIpc) is 2.68. The Hall–Kier alpha value is -2.84. The van der Waals surface area contributed by atoms with Gasteiger partial charge in [-0.05, 0) is 24.3 Å². The van der Waals surface area contributed by atoms with E-state index in [0.29, 0.717) is 11.3 Å². The second kappa shape index (κ2) is 6.47. The second-order valence-electron chi connectivity index (χ2n) is 5.90. The van der Waals surface area contributed by atoms with E-state index in [-0.39, 0.29) is 30.4 Å². The number of carbonyl (C=O) groups is 1. The Balaban J connectivity index is 1.65. The van der Waals surface area contributed by atoms with E-state index in [9.17, 15) is 13.2 Å². The summed E-state index contributed by atoms with van der Waals surface area (Å²) in [5, 5.41) is 0.743. The molecule has 0 N–H and O–H groups in total. The van der Waals surface area contributed by atoms with E-state index in [0.717, 1.165) is 5.39 Å². The number of carbonyl (C=O) groups excluding carboxylic acids is 1. The van der Waals surface area contributed by atoms with Gasteiger partial charge in [-0.3, -0.25) is 14.7 Å². The molecule has 0 radical (unpaired) electrons. The molecule has 132 valence electrons. The number of hydrogen-bond acceptors (Lipinski definition) is 5. The molecular weight excluding hydrogens is 352 g/mol. The van der Waals surface area contributed by atoms with Gasteiger partial charge in [0.2, 0.25) is 15.9 Å². The van der Waals surface area contributed by atoms with Gasteiger partial charge in [0.1, 0.15) is 10.7 Å². The van der Waals surface area contributed by atoms with Crippen LogP contribution in [0.3, 0.4) is 0 Å². The molecule has 1 fully saturated rings. The van der Waals surface area contributed by atoms with E-state index in [1.54, 1.807) is 42.7 Å². The van der Waals surface area contributed by atoms with Crippen molar-refractivity contribution in [3.05, 3.63) is 60.9 Å². The van der Waals surface area contributed by atoms with E-state index in [1.807, 2.05) is 12.1 Å². The lowest BCUT2D eigenvalue weighted by molar-refractivity contribution is -0.120. The number of sulfonamides is 1. The predicted octanol–water partition coefficient (Wildman–Crippen LogP) is 1.67. The van der Waals surface area contributed by atoms with Crippen molar-refractivity contribution in [1.82, 2.24) is 14.3 Å². The van der Waals surface area contributed by atoms with Gasteiger partial charge < -0.3 is 0 Å². The predicted molar refractivity (Wildman–Crippen MR) is 97.1 cm³/mol. The molecule has 0 atom stereocenters. The topological polar surface area (TPSA) is 83.5 Å². The van der Waals surface area contributed by atoms with Crippen LogP contribution in [-0.4, -0.2) is 48.2 Å². The highest BCUT2D eigenvalue weighted by Gasteiger charge is 2.34. The van der Waals surface area contributed by atoms with E-state index in [1.165, 1.54) is 15.3 Å². The summed E-state index contributed by atoms with van der Waals surface area (Å²) in [5.74, 6) is 0.230. The largest absolute Gasteiger partial charge is 0.294 e. The summed E-state index contributed by atoms with van der Waals surface area (Å²) in [6.45, 7) is 0.239. The maximum atomic E-state index is 13.1. The number of anilines is 1. The van der Waals surface area contributed by atoms with Crippen molar-refractivity contribution in [2.75, 3.05) is 24.5 Å². The van der Waals surface area contributed by atoms with Crippen molar-refractivity contribution < 1.29 is 13.2 Å². The van der Waals surface area contributed by atoms with Crippen LogP contribution in [0.1, 0.15) is 0 Å². The summed E-state index contributed by atoms with van der Waals surface area (Å²) in [5.41, 5.74) is 0.412. The summed E-state index contributed by atoms with van der Waals surface area (Å²) in [6, 6.07) is 13.9. The highest BCUT2D eigenvalue weighted by molar-refractivity contribution is 7.89. The standard InChI is InChI=1S/C18H16N4O3S/c23-17-13-21(11-12-22(17)16-8-1-2-9-19-16)26(24,25)15-7-3-5-14-6-4-10-20-18(14)15/h1-10H,11-13H2. The molecule has 1 saturated heterocycles. The molecule has 1 aromatic carbocycles. The third kappa shape index (κ3) is 2.83. The molecule has 1 aliphatic rings. The van der Waals surface area contributed by atoms with Crippen LogP contribution in [0.2, 0.25) is 0 Å². The maximum absolute atomic E-state index is 13.1. The maximum Gasteiger partial charge on any atom is 0.245 e. The molecule has 4 rings (SSSR count). The molecule has 26 heavy (non-hydrogen) atoms. The minimum atomic E-state index is -3.82. The van der Waals surface area contributed by atoms with E-state index < -0.39 is 10.0 Å². The van der Waals surface area contributed by atoms with Gasteiger partial charge in [0.05, 0.1) is 12.1 Å². The monoisotopic (exact) mass is 368 g/mol. The highest BCUT2D eigenvalue weighted by Crippen LogP contribution is 2.25. The van der Waals surface area contributed by atoms with Gasteiger partial charge in [-0.25, -0.2) is 13.4 Å². The van der Waals surface area contributed by atoms with Crippen LogP contribution < -0.4 is 4.90 Å². The molecule has 1 aliphatic heterocycles. The van der Waals surface area contributed by atoms with E-state index >= 15 is 0 Å². The molecule has 8 heteroatoms. The van der Waals surface area contributed by atoms with E-state index in [4.69, 9.17) is 0 Å². The smallest absolute Gasteiger partial charge is 0.245 e. The molecular formula is C18H16N4O3S. The Morgan fingerprint density at radius 3 is 2.46 bits per heavy atom. The Kier molecular flexibility index (Phi) is 4.14. The number of piperazine rings is 1. The van der Waals surface area contributed by atoms with Gasteiger partial charge in [0.25, 0.3) is 0 Å². The number of pyridine rings is 2. The number of hydrogen-bond donors (Lipinski definition) is 0. The SMILES string of the molecule is O=C1CN(S(=O)(=O)c2cccc3cccnc23)CCN1c1ccccn1. The zero-order valence-electron chi connectivity index (χ0n) is 13.8. The molecule has 0 aliphatic carbocycles. The first-order valence-electron chi connectivity index (χ1n) is 8.13. The fourth-order valence-electron chi connectivity index (χ4n) is 3.04. The fourth-order valence-corrected chi connectivity index (χ4v) is 4.58. The summed E-state index contributed by atoms with van der Waals surface area (Å²) >= 11 is 0. The number of aromatic nitrogens is 2. The summed E-state index contributed by atoms with van der Waals surface area (Å²) in [6.07, 6.45) is 3.17. The minimum Gasteiger partial charge on any atom is -0.294 e. The van der Waals surface area contributed by atoms with Crippen LogP contribution in [-0.2, 0) is 14.8 Å². The summed E-state index contributed by atoms with van der Waals surface area (Å²) in [7, 11) is -3.82. The van der Waals surface area contributed by atoms with Gasteiger partial charge in [0.15, 0.2) is 0 Å². The third-order valence-corrected chi connectivity index (χ3v) is 6.20. The van der Waals surface area contributed by atoms with Crippen molar-refractivity contribution in [2.24, 2.45) is 0 Å². The molecule has 1 amide bonds. The molecule has 0 unspecified atom stereocenters. The zero-order chi connectivity index (χ0) is 18.1. The molecule has 0 saturated carbocycles. The van der Waals surface area contributed by atoms with Gasteiger partial charge in [-0.1, -0.05) is 24.3 Å². The highest BCUT2D eigenvalue weighted by atomic mass is 32.2. The fraction of sp³-hybridized carbons (Fsp3) is 0.167. The number of fused-ring (bicyclic) bond motifs is 1. The van der Waals surface area contributed by atoms with Crippen LogP contribution >= 0.6 is 0 Å². The Bertz CT molecular complexity index is 1060. The lowest BCUT2D eigenvalue weighted by atomic mass is 10.2. The first-order chi connectivity index (χ1) is 12.6. The van der Waals surface area contributed by atoms with Crippen molar-refractivity contribution in [1.29, 1.82) is 0 Å². The number of rotatable bonds is 3. The molecule has 3 aromatic rings. The van der Waals surface area contributed by atoms with Gasteiger partial charge in [-0.2, -0.15) is 4.31 Å². The number of para-hydroxylation sites is 1. The molecule has 2 aromatic heterocycles. The average molecular weight is 368 g/mol. The van der Waals surface area contributed by atoms with Crippen molar-refractivity contribution >= 4 is 32.7 Å². The van der Waals surface area contributed by atoms with Crippen LogP contribution in [0.4, 0.5) is 5.82 Å². The lowest BCUT2D eigenvalue weighted by Gasteiger charge is -2.33. The number of nitrogens with zero attached hydrogens (tertiary/aromatic N) is 4. The van der Waals surface area contributed by atoms with Crippen molar-refractivity contribution in [2.45, 2.75) is 4.90 Å². The van der Waals surface area contributed by atoms with E-state index in [2.05, 4.69) is 9.97 Å².